The Bertz CT molecular complexity index is 1080. The minimum absolute atomic E-state index is 0.0891. The Morgan fingerprint density at radius 1 is 1.03 bits per heavy atom. The van der Waals surface area contributed by atoms with Crippen molar-refractivity contribution in [1.82, 2.24) is 5.43 Å². The zero-order valence-corrected chi connectivity index (χ0v) is 16.8. The summed E-state index contributed by atoms with van der Waals surface area (Å²) in [6.07, 6.45) is 0.328. The predicted octanol–water partition coefficient (Wildman–Crippen LogP) is 3.99. The maximum Gasteiger partial charge on any atom is 0.271 e. The molecule has 0 aliphatic rings. The van der Waals surface area contributed by atoms with Crippen LogP contribution in [0.3, 0.4) is 0 Å². The third-order valence-corrected chi connectivity index (χ3v) is 5.04. The van der Waals surface area contributed by atoms with Gasteiger partial charge in [0.15, 0.2) is 0 Å². The van der Waals surface area contributed by atoms with Crippen LogP contribution in [-0.2, 0) is 11.2 Å². The molecule has 0 saturated carbocycles. The van der Waals surface area contributed by atoms with Crippen LogP contribution in [-0.4, -0.2) is 22.4 Å². The van der Waals surface area contributed by atoms with Gasteiger partial charge < -0.3 is 5.32 Å². The lowest BCUT2D eigenvalue weighted by Crippen LogP contribution is -2.19. The van der Waals surface area contributed by atoms with Crippen LogP contribution in [0.25, 0.3) is 0 Å². The number of carbonyl (C=O) groups excluding carboxylic acids is 2. The first-order chi connectivity index (χ1) is 14.4. The lowest BCUT2D eigenvalue weighted by atomic mass is 10.1. The highest BCUT2D eigenvalue weighted by molar-refractivity contribution is 7.10. The number of benzene rings is 2. The molecule has 2 N–H and O–H groups in total. The summed E-state index contributed by atoms with van der Waals surface area (Å²) in [6.45, 7) is 1.74. The lowest BCUT2D eigenvalue weighted by molar-refractivity contribution is -0.384. The third kappa shape index (κ3) is 5.58. The fourth-order valence-electron chi connectivity index (χ4n) is 2.57. The van der Waals surface area contributed by atoms with Gasteiger partial charge in [-0.25, -0.2) is 5.43 Å². The van der Waals surface area contributed by atoms with Crippen molar-refractivity contribution < 1.29 is 14.5 Å². The number of carbonyl (C=O) groups is 2. The van der Waals surface area contributed by atoms with E-state index in [0.29, 0.717) is 17.8 Å². The van der Waals surface area contributed by atoms with Crippen molar-refractivity contribution in [1.29, 1.82) is 0 Å². The monoisotopic (exact) mass is 422 g/mol. The Labute approximate surface area is 176 Å². The van der Waals surface area contributed by atoms with E-state index in [4.69, 9.17) is 0 Å². The van der Waals surface area contributed by atoms with Gasteiger partial charge in [0.05, 0.1) is 17.1 Å². The molecule has 0 bridgehead atoms. The van der Waals surface area contributed by atoms with Gasteiger partial charge in [0.1, 0.15) is 0 Å². The van der Waals surface area contributed by atoms with Crippen LogP contribution in [0.15, 0.2) is 71.1 Å². The van der Waals surface area contributed by atoms with Crippen LogP contribution < -0.4 is 10.7 Å². The van der Waals surface area contributed by atoms with E-state index in [0.717, 1.165) is 10.4 Å². The van der Waals surface area contributed by atoms with Gasteiger partial charge in [0.2, 0.25) is 5.91 Å². The van der Waals surface area contributed by atoms with Gasteiger partial charge in [-0.05, 0) is 48.2 Å². The summed E-state index contributed by atoms with van der Waals surface area (Å²) in [5.41, 5.74) is 4.62. The van der Waals surface area contributed by atoms with Crippen LogP contribution in [0.4, 0.5) is 11.4 Å². The van der Waals surface area contributed by atoms with E-state index in [2.05, 4.69) is 15.8 Å². The largest absolute Gasteiger partial charge is 0.326 e. The molecule has 30 heavy (non-hydrogen) atoms. The van der Waals surface area contributed by atoms with Crippen molar-refractivity contribution in [3.8, 4) is 0 Å². The zero-order chi connectivity index (χ0) is 21.5. The molecule has 0 aliphatic carbocycles. The Morgan fingerprint density at radius 2 is 1.70 bits per heavy atom. The van der Waals surface area contributed by atoms with E-state index in [1.807, 2.05) is 17.5 Å². The molecule has 0 atom stereocenters. The maximum atomic E-state index is 12.1. The number of nitrogens with zero attached hydrogens (tertiary/aromatic N) is 2. The molecule has 0 fully saturated rings. The average Bonchev–Trinajstić information content (AvgIpc) is 3.25. The van der Waals surface area contributed by atoms with Crippen LogP contribution in [0.2, 0.25) is 0 Å². The molecule has 3 rings (SSSR count). The molecule has 152 valence electrons. The van der Waals surface area contributed by atoms with E-state index in [1.165, 1.54) is 35.6 Å². The van der Waals surface area contributed by atoms with Crippen LogP contribution >= 0.6 is 11.3 Å². The fourth-order valence-corrected chi connectivity index (χ4v) is 3.27. The Balaban J connectivity index is 1.57. The minimum atomic E-state index is -0.530. The Kier molecular flexibility index (Phi) is 6.66. The molecule has 2 aromatic carbocycles. The molecule has 0 saturated heterocycles. The van der Waals surface area contributed by atoms with Gasteiger partial charge in [-0.1, -0.05) is 18.2 Å². The van der Waals surface area contributed by atoms with Crippen molar-refractivity contribution in [3.63, 3.8) is 0 Å². The summed E-state index contributed by atoms with van der Waals surface area (Å²) in [7, 11) is 0. The smallest absolute Gasteiger partial charge is 0.271 e. The van der Waals surface area contributed by atoms with Crippen LogP contribution in [0.5, 0.6) is 0 Å². The first kappa shape index (κ1) is 20.9. The molecule has 8 nitrogen and oxygen atoms in total. The van der Waals surface area contributed by atoms with Crippen molar-refractivity contribution >= 4 is 40.2 Å². The second kappa shape index (κ2) is 9.57. The number of thiophene rings is 1. The number of non-ortho nitro benzene ring substituents is 1. The molecule has 1 aromatic heterocycles. The lowest BCUT2D eigenvalue weighted by Gasteiger charge is -2.07. The zero-order valence-electron chi connectivity index (χ0n) is 16.0. The SMILES string of the molecule is C/C(=N\NC(=O)c1ccc([N+](=O)[O-])cc1)c1ccc(NC(=O)Cc2cccs2)cc1. The highest BCUT2D eigenvalue weighted by atomic mass is 32.1. The summed E-state index contributed by atoms with van der Waals surface area (Å²) < 4.78 is 0. The molecule has 3 aromatic rings. The van der Waals surface area contributed by atoms with E-state index >= 15 is 0 Å². The normalized spacial score (nSPS) is 11.0. The van der Waals surface area contributed by atoms with Crippen molar-refractivity contribution in [2.45, 2.75) is 13.3 Å². The average molecular weight is 422 g/mol. The summed E-state index contributed by atoms with van der Waals surface area (Å²) in [4.78, 5) is 35.3. The number of hydrazone groups is 1. The summed E-state index contributed by atoms with van der Waals surface area (Å²) in [6, 6.07) is 16.2. The van der Waals surface area contributed by atoms with Crippen LogP contribution in [0.1, 0.15) is 27.7 Å². The number of nitrogens with one attached hydrogen (secondary N) is 2. The number of hydrogen-bond acceptors (Lipinski definition) is 6. The highest BCUT2D eigenvalue weighted by Crippen LogP contribution is 2.14. The molecular formula is C21H18N4O4S. The van der Waals surface area contributed by atoms with Gasteiger partial charge in [-0.2, -0.15) is 5.10 Å². The fraction of sp³-hybridized carbons (Fsp3) is 0.0952. The van der Waals surface area contributed by atoms with E-state index in [-0.39, 0.29) is 17.2 Å². The van der Waals surface area contributed by atoms with Crippen molar-refractivity contribution in [2.75, 3.05) is 5.32 Å². The van der Waals surface area contributed by atoms with Gasteiger partial charge in [0.25, 0.3) is 11.6 Å². The molecule has 9 heteroatoms. The second-order valence-electron chi connectivity index (χ2n) is 6.32. The molecule has 1 heterocycles. The Morgan fingerprint density at radius 3 is 2.30 bits per heavy atom. The number of amides is 2. The molecule has 0 unspecified atom stereocenters. The van der Waals surface area contributed by atoms with E-state index < -0.39 is 10.8 Å². The summed E-state index contributed by atoms with van der Waals surface area (Å²) >= 11 is 1.54. The quantitative estimate of drug-likeness (QED) is 0.340. The highest BCUT2D eigenvalue weighted by Gasteiger charge is 2.09. The molecule has 2 amide bonds. The first-order valence-electron chi connectivity index (χ1n) is 8.94. The molecule has 0 aliphatic heterocycles. The standard InChI is InChI=1S/C21H18N4O4S/c1-14(23-24-21(27)16-6-10-18(11-7-16)25(28)29)15-4-8-17(9-5-15)22-20(26)13-19-3-2-12-30-19/h2-12H,13H2,1H3,(H,22,26)(H,24,27)/b23-14+. The van der Waals surface area contributed by atoms with Gasteiger partial charge in [-0.15, -0.1) is 11.3 Å². The third-order valence-electron chi connectivity index (χ3n) is 4.17. The topological polar surface area (TPSA) is 114 Å². The number of rotatable bonds is 7. The van der Waals surface area contributed by atoms with Gasteiger partial charge >= 0.3 is 0 Å². The Hall–Kier alpha value is -3.85. The van der Waals surface area contributed by atoms with Crippen LogP contribution in [0, 0.1) is 10.1 Å². The number of nitro benzene ring substituents is 1. The van der Waals surface area contributed by atoms with E-state index in [9.17, 15) is 19.7 Å². The number of nitro groups is 1. The van der Waals surface area contributed by atoms with Gasteiger partial charge in [0, 0.05) is 28.3 Å². The summed E-state index contributed by atoms with van der Waals surface area (Å²) in [5, 5.41) is 19.5. The van der Waals surface area contributed by atoms with Crippen molar-refractivity contribution in [3.05, 3.63) is 92.2 Å². The second-order valence-corrected chi connectivity index (χ2v) is 7.36. The predicted molar refractivity (Wildman–Crippen MR) is 116 cm³/mol. The summed E-state index contributed by atoms with van der Waals surface area (Å²) in [5.74, 6) is -0.562. The minimum Gasteiger partial charge on any atom is -0.326 e. The molecule has 0 spiro atoms. The number of anilines is 1. The van der Waals surface area contributed by atoms with Crippen molar-refractivity contribution in [2.24, 2.45) is 5.10 Å². The first-order valence-corrected chi connectivity index (χ1v) is 9.82. The number of hydrogen-bond donors (Lipinski definition) is 2. The van der Waals surface area contributed by atoms with E-state index in [1.54, 1.807) is 31.2 Å². The maximum absolute atomic E-state index is 12.1. The molecule has 0 radical (unpaired) electrons. The molecular weight excluding hydrogens is 404 g/mol. The van der Waals surface area contributed by atoms with Gasteiger partial charge in [-0.3, -0.25) is 19.7 Å².